The van der Waals surface area contributed by atoms with E-state index >= 15 is 0 Å². The van der Waals surface area contributed by atoms with Gasteiger partial charge in [-0.2, -0.15) is 10.1 Å². The van der Waals surface area contributed by atoms with Crippen molar-refractivity contribution in [2.75, 3.05) is 18.0 Å². The molecule has 4 rings (SSSR count). The van der Waals surface area contributed by atoms with Crippen molar-refractivity contribution in [3.63, 3.8) is 0 Å². The van der Waals surface area contributed by atoms with E-state index in [-0.39, 0.29) is 5.92 Å². The molecule has 0 N–H and O–H groups in total. The maximum absolute atomic E-state index is 5.28. The Labute approximate surface area is 139 Å². The summed E-state index contributed by atoms with van der Waals surface area (Å²) >= 11 is 0. The maximum Gasteiger partial charge on any atom is 0.226 e. The van der Waals surface area contributed by atoms with Crippen LogP contribution in [0.15, 0.2) is 10.7 Å². The van der Waals surface area contributed by atoms with Crippen LogP contribution in [0.25, 0.3) is 11.0 Å². The van der Waals surface area contributed by atoms with Crippen molar-refractivity contribution in [2.24, 2.45) is 7.05 Å². The van der Waals surface area contributed by atoms with Gasteiger partial charge in [-0.15, -0.1) is 0 Å². The lowest BCUT2D eigenvalue weighted by Gasteiger charge is -2.32. The monoisotopic (exact) mass is 327 g/mol. The van der Waals surface area contributed by atoms with Gasteiger partial charge in [0.2, 0.25) is 5.89 Å². The van der Waals surface area contributed by atoms with E-state index in [1.807, 2.05) is 27.1 Å². The van der Waals surface area contributed by atoms with E-state index in [0.717, 1.165) is 60.9 Å². The van der Waals surface area contributed by atoms with Crippen LogP contribution in [0.3, 0.4) is 0 Å². The van der Waals surface area contributed by atoms with E-state index < -0.39 is 0 Å². The summed E-state index contributed by atoms with van der Waals surface area (Å²) in [7, 11) is 1.91. The van der Waals surface area contributed by atoms with Gasteiger partial charge in [-0.1, -0.05) is 12.1 Å². The van der Waals surface area contributed by atoms with Crippen LogP contribution in [0.4, 0.5) is 5.82 Å². The number of nitrogens with zero attached hydrogens (tertiary/aromatic N) is 7. The molecule has 0 aliphatic carbocycles. The lowest BCUT2D eigenvalue weighted by atomic mass is 9.97. The van der Waals surface area contributed by atoms with Crippen molar-refractivity contribution in [1.82, 2.24) is 29.9 Å². The van der Waals surface area contributed by atoms with E-state index in [9.17, 15) is 0 Å². The first-order valence-corrected chi connectivity index (χ1v) is 8.39. The fourth-order valence-electron chi connectivity index (χ4n) is 3.31. The summed E-state index contributed by atoms with van der Waals surface area (Å²) in [5.74, 6) is 3.50. The van der Waals surface area contributed by atoms with E-state index in [2.05, 4.69) is 30.1 Å². The highest BCUT2D eigenvalue weighted by Crippen LogP contribution is 2.31. The van der Waals surface area contributed by atoms with E-state index in [0.29, 0.717) is 5.89 Å². The Kier molecular flexibility index (Phi) is 3.66. The van der Waals surface area contributed by atoms with Crippen molar-refractivity contribution in [3.8, 4) is 0 Å². The van der Waals surface area contributed by atoms with Gasteiger partial charge in [0.05, 0.1) is 11.6 Å². The zero-order chi connectivity index (χ0) is 16.7. The third-order valence-electron chi connectivity index (χ3n) is 4.56. The average Bonchev–Trinajstić information content (AvgIpc) is 3.22. The van der Waals surface area contributed by atoms with Gasteiger partial charge in [0, 0.05) is 32.5 Å². The Morgan fingerprint density at radius 1 is 1.29 bits per heavy atom. The molecule has 1 atom stereocenters. The molecule has 4 heterocycles. The lowest BCUT2D eigenvalue weighted by molar-refractivity contribution is 0.368. The van der Waals surface area contributed by atoms with Gasteiger partial charge in [-0.05, 0) is 19.8 Å². The molecule has 1 saturated heterocycles. The topological polar surface area (TPSA) is 85.8 Å². The van der Waals surface area contributed by atoms with E-state index in [4.69, 9.17) is 4.52 Å². The van der Waals surface area contributed by atoms with Crippen molar-refractivity contribution in [3.05, 3.63) is 23.7 Å². The number of aryl methyl sites for hydroxylation is 3. The highest BCUT2D eigenvalue weighted by molar-refractivity contribution is 5.87. The number of rotatable bonds is 3. The standard InChI is InChI=1S/C16H21N7O/c1-4-13-20-14(21-24-13)11-6-5-7-23(9-11)16-12-8-17-22(3)15(12)18-10(2)19-16/h8,11H,4-7,9H2,1-3H3/t11-/m1/s1. The van der Waals surface area contributed by atoms with Crippen LogP contribution in [-0.4, -0.2) is 43.0 Å². The largest absolute Gasteiger partial charge is 0.355 e. The number of hydrogen-bond donors (Lipinski definition) is 0. The molecule has 126 valence electrons. The maximum atomic E-state index is 5.28. The summed E-state index contributed by atoms with van der Waals surface area (Å²) in [6.07, 6.45) is 4.76. The minimum Gasteiger partial charge on any atom is -0.355 e. The van der Waals surface area contributed by atoms with Gasteiger partial charge in [0.25, 0.3) is 0 Å². The second-order valence-electron chi connectivity index (χ2n) is 6.28. The van der Waals surface area contributed by atoms with E-state index in [1.165, 1.54) is 0 Å². The lowest BCUT2D eigenvalue weighted by Crippen LogP contribution is -2.35. The predicted molar refractivity (Wildman–Crippen MR) is 88.9 cm³/mol. The molecule has 0 spiro atoms. The van der Waals surface area contributed by atoms with Gasteiger partial charge in [-0.3, -0.25) is 4.68 Å². The smallest absolute Gasteiger partial charge is 0.226 e. The third kappa shape index (κ3) is 2.51. The number of aromatic nitrogens is 6. The molecule has 24 heavy (non-hydrogen) atoms. The molecule has 1 fully saturated rings. The van der Waals surface area contributed by atoms with Crippen LogP contribution in [0, 0.1) is 6.92 Å². The van der Waals surface area contributed by atoms with Gasteiger partial charge < -0.3 is 9.42 Å². The molecule has 0 bridgehead atoms. The minimum atomic E-state index is 0.268. The Hall–Kier alpha value is -2.51. The van der Waals surface area contributed by atoms with Crippen molar-refractivity contribution in [2.45, 2.75) is 39.0 Å². The summed E-state index contributed by atoms with van der Waals surface area (Å²) < 4.78 is 7.08. The summed E-state index contributed by atoms with van der Waals surface area (Å²) in [6.45, 7) is 5.75. The SMILES string of the molecule is CCc1nc([C@@H]2CCCN(c3nc(C)nc4c3cnn4C)C2)no1. The first-order chi connectivity index (χ1) is 11.7. The number of fused-ring (bicyclic) bond motifs is 1. The molecule has 1 aliphatic rings. The molecule has 1 aliphatic heterocycles. The predicted octanol–water partition coefficient (Wildman–Crippen LogP) is 2.00. The molecule has 8 heteroatoms. The van der Waals surface area contributed by atoms with Crippen molar-refractivity contribution in [1.29, 1.82) is 0 Å². The highest BCUT2D eigenvalue weighted by atomic mass is 16.5. The normalized spacial score (nSPS) is 18.5. The van der Waals surface area contributed by atoms with E-state index in [1.54, 1.807) is 4.68 Å². The second kappa shape index (κ2) is 5.85. The molecular weight excluding hydrogens is 306 g/mol. The molecule has 8 nitrogen and oxygen atoms in total. The number of hydrogen-bond acceptors (Lipinski definition) is 7. The Balaban J connectivity index is 1.67. The van der Waals surface area contributed by atoms with Gasteiger partial charge in [0.1, 0.15) is 11.6 Å². The second-order valence-corrected chi connectivity index (χ2v) is 6.28. The van der Waals surface area contributed by atoms with Crippen LogP contribution in [0.2, 0.25) is 0 Å². The van der Waals surface area contributed by atoms with Crippen LogP contribution < -0.4 is 4.90 Å². The summed E-state index contributed by atoms with van der Waals surface area (Å²) in [6, 6.07) is 0. The summed E-state index contributed by atoms with van der Waals surface area (Å²) in [5, 5.41) is 9.48. The van der Waals surface area contributed by atoms with Crippen molar-refractivity contribution < 1.29 is 4.52 Å². The summed E-state index contributed by atoms with van der Waals surface area (Å²) in [4.78, 5) is 16.0. The van der Waals surface area contributed by atoms with Crippen molar-refractivity contribution >= 4 is 16.9 Å². The van der Waals surface area contributed by atoms with Crippen LogP contribution in [0.1, 0.15) is 43.2 Å². The third-order valence-corrected chi connectivity index (χ3v) is 4.56. The number of piperidine rings is 1. The fourth-order valence-corrected chi connectivity index (χ4v) is 3.31. The number of anilines is 1. The molecular formula is C16H21N7O. The molecule has 0 amide bonds. The molecule has 3 aromatic rings. The average molecular weight is 327 g/mol. The molecule has 0 aromatic carbocycles. The summed E-state index contributed by atoms with van der Waals surface area (Å²) in [5.41, 5.74) is 0.868. The van der Waals surface area contributed by atoms with Crippen LogP contribution in [-0.2, 0) is 13.5 Å². The van der Waals surface area contributed by atoms with Crippen LogP contribution in [0.5, 0.6) is 0 Å². The quantitative estimate of drug-likeness (QED) is 0.727. The van der Waals surface area contributed by atoms with Crippen LogP contribution >= 0.6 is 0 Å². The highest BCUT2D eigenvalue weighted by Gasteiger charge is 2.27. The molecule has 0 unspecified atom stereocenters. The first kappa shape index (κ1) is 15.0. The minimum absolute atomic E-state index is 0.268. The fraction of sp³-hybridized carbons (Fsp3) is 0.562. The Morgan fingerprint density at radius 3 is 2.96 bits per heavy atom. The molecule has 0 saturated carbocycles. The molecule has 3 aromatic heterocycles. The zero-order valence-electron chi connectivity index (χ0n) is 14.2. The zero-order valence-corrected chi connectivity index (χ0v) is 14.2. The first-order valence-electron chi connectivity index (χ1n) is 8.39. The molecule has 0 radical (unpaired) electrons. The van der Waals surface area contributed by atoms with Gasteiger partial charge in [-0.25, -0.2) is 9.97 Å². The van der Waals surface area contributed by atoms with Gasteiger partial charge in [0.15, 0.2) is 11.5 Å². The Morgan fingerprint density at radius 2 is 2.17 bits per heavy atom. The van der Waals surface area contributed by atoms with Gasteiger partial charge >= 0.3 is 0 Å². The Bertz CT molecular complexity index is 869.